The summed E-state index contributed by atoms with van der Waals surface area (Å²) < 4.78 is 7.08. The van der Waals surface area contributed by atoms with E-state index in [-0.39, 0.29) is 5.91 Å². The maximum Gasteiger partial charge on any atom is 0.276 e. The van der Waals surface area contributed by atoms with E-state index in [1.165, 1.54) is 5.56 Å². The Labute approximate surface area is 209 Å². The lowest BCUT2D eigenvalue weighted by molar-refractivity contribution is 0.0620. The molecule has 2 aromatic carbocycles. The predicted molar refractivity (Wildman–Crippen MR) is 134 cm³/mol. The van der Waals surface area contributed by atoms with E-state index in [4.69, 9.17) is 21.4 Å². The minimum Gasteiger partial charge on any atom is -0.378 e. The Morgan fingerprint density at radius 1 is 1.00 bits per heavy atom. The van der Waals surface area contributed by atoms with Crippen molar-refractivity contribution in [3.05, 3.63) is 82.3 Å². The van der Waals surface area contributed by atoms with Crippen LogP contribution in [-0.4, -0.2) is 68.8 Å². The van der Waals surface area contributed by atoms with E-state index in [1.54, 1.807) is 11.6 Å². The van der Waals surface area contributed by atoms with Crippen molar-refractivity contribution < 1.29 is 9.53 Å². The lowest BCUT2D eigenvalue weighted by Crippen LogP contribution is -2.48. The number of rotatable bonds is 6. The van der Waals surface area contributed by atoms with Gasteiger partial charge in [-0.3, -0.25) is 9.69 Å². The first-order valence-corrected chi connectivity index (χ1v) is 12.0. The molecule has 0 atom stereocenters. The number of amides is 1. The van der Waals surface area contributed by atoms with Gasteiger partial charge < -0.3 is 9.64 Å². The van der Waals surface area contributed by atoms with Crippen LogP contribution in [0.15, 0.2) is 54.6 Å². The molecule has 1 aliphatic rings. The summed E-state index contributed by atoms with van der Waals surface area (Å²) in [5.41, 5.74) is 5.31. The highest BCUT2D eigenvalue weighted by Crippen LogP contribution is 2.30. The van der Waals surface area contributed by atoms with Crippen LogP contribution >= 0.6 is 11.6 Å². The van der Waals surface area contributed by atoms with Crippen LogP contribution in [0.1, 0.15) is 27.4 Å². The number of nitrogens with zero attached hydrogens (tertiary/aromatic N) is 6. The molecular formula is C26H27ClN6O2. The Kier molecular flexibility index (Phi) is 6.77. The summed E-state index contributed by atoms with van der Waals surface area (Å²) in [6.07, 6.45) is 0. The summed E-state index contributed by atoms with van der Waals surface area (Å²) in [7, 11) is 1.63. The number of methoxy groups -OCH3 is 1. The van der Waals surface area contributed by atoms with Gasteiger partial charge in [-0.1, -0.05) is 54.1 Å². The largest absolute Gasteiger partial charge is 0.378 e. The van der Waals surface area contributed by atoms with Gasteiger partial charge in [0.05, 0.1) is 23.6 Å². The van der Waals surface area contributed by atoms with E-state index >= 15 is 0 Å². The van der Waals surface area contributed by atoms with Crippen molar-refractivity contribution in [3.8, 4) is 11.1 Å². The van der Waals surface area contributed by atoms with E-state index in [0.717, 1.165) is 36.5 Å². The molecule has 1 amide bonds. The number of benzene rings is 2. The molecule has 3 heterocycles. The van der Waals surface area contributed by atoms with Crippen LogP contribution < -0.4 is 0 Å². The van der Waals surface area contributed by atoms with Crippen molar-refractivity contribution in [2.75, 3.05) is 33.3 Å². The van der Waals surface area contributed by atoms with E-state index < -0.39 is 0 Å². The van der Waals surface area contributed by atoms with E-state index in [9.17, 15) is 4.79 Å². The molecule has 1 aliphatic heterocycles. The summed E-state index contributed by atoms with van der Waals surface area (Å²) in [4.78, 5) is 17.6. The number of halogens is 1. The fourth-order valence-corrected chi connectivity index (χ4v) is 4.62. The number of carbonyl (C=O) groups is 1. The van der Waals surface area contributed by atoms with E-state index in [0.29, 0.717) is 41.8 Å². The molecule has 35 heavy (non-hydrogen) atoms. The Hall–Kier alpha value is -3.33. The van der Waals surface area contributed by atoms with Crippen molar-refractivity contribution in [1.29, 1.82) is 0 Å². The number of fused-ring (bicyclic) bond motifs is 1. The lowest BCUT2D eigenvalue weighted by Gasteiger charge is -2.34. The second kappa shape index (κ2) is 10.1. The third-order valence-electron chi connectivity index (χ3n) is 6.36. The predicted octanol–water partition coefficient (Wildman–Crippen LogP) is 3.86. The Morgan fingerprint density at radius 2 is 1.71 bits per heavy atom. The fourth-order valence-electron chi connectivity index (χ4n) is 4.50. The zero-order valence-corrected chi connectivity index (χ0v) is 20.6. The Bertz CT molecular complexity index is 1330. The van der Waals surface area contributed by atoms with Crippen LogP contribution in [-0.2, 0) is 17.9 Å². The zero-order chi connectivity index (χ0) is 24.4. The standard InChI is InChI=1S/C26H27ClN6O2/c1-18-24(26(34)32-14-12-31(13-15-32)16-19-6-4-3-5-7-19)28-29-25-23(20-8-10-21(27)11-9-20)22(17-35-2)30-33(18)25/h3-11H,12-17H2,1-2H3. The second-order valence-electron chi connectivity index (χ2n) is 8.68. The average Bonchev–Trinajstić information content (AvgIpc) is 3.25. The number of aromatic nitrogens is 4. The van der Waals surface area contributed by atoms with Gasteiger partial charge in [0.15, 0.2) is 11.3 Å². The molecule has 0 unspecified atom stereocenters. The van der Waals surface area contributed by atoms with Gasteiger partial charge in [-0.2, -0.15) is 5.10 Å². The van der Waals surface area contributed by atoms with Crippen LogP contribution in [0.5, 0.6) is 0 Å². The molecule has 0 saturated carbocycles. The molecule has 1 saturated heterocycles. The van der Waals surface area contributed by atoms with Gasteiger partial charge in [-0.05, 0) is 30.2 Å². The summed E-state index contributed by atoms with van der Waals surface area (Å²) in [6, 6.07) is 17.9. The number of piperazine rings is 1. The molecule has 4 aromatic rings. The van der Waals surface area contributed by atoms with Crippen molar-refractivity contribution in [1.82, 2.24) is 29.6 Å². The smallest absolute Gasteiger partial charge is 0.276 e. The first kappa shape index (κ1) is 23.4. The van der Waals surface area contributed by atoms with Gasteiger partial charge in [0.2, 0.25) is 0 Å². The maximum atomic E-state index is 13.4. The number of hydrogen-bond donors (Lipinski definition) is 0. The van der Waals surface area contributed by atoms with Crippen molar-refractivity contribution in [2.24, 2.45) is 0 Å². The van der Waals surface area contributed by atoms with Gasteiger partial charge in [0.25, 0.3) is 5.91 Å². The first-order valence-electron chi connectivity index (χ1n) is 11.6. The quantitative estimate of drug-likeness (QED) is 0.408. The van der Waals surface area contributed by atoms with Crippen LogP contribution in [0.25, 0.3) is 16.8 Å². The molecule has 2 aromatic heterocycles. The van der Waals surface area contributed by atoms with Crippen LogP contribution in [0.2, 0.25) is 5.02 Å². The van der Waals surface area contributed by atoms with Crippen LogP contribution in [0.3, 0.4) is 0 Å². The van der Waals surface area contributed by atoms with Crippen molar-refractivity contribution in [2.45, 2.75) is 20.1 Å². The van der Waals surface area contributed by atoms with Gasteiger partial charge >= 0.3 is 0 Å². The molecule has 180 valence electrons. The molecule has 0 aliphatic carbocycles. The number of ether oxygens (including phenoxy) is 1. The third kappa shape index (κ3) is 4.77. The molecular weight excluding hydrogens is 464 g/mol. The van der Waals surface area contributed by atoms with Crippen LogP contribution in [0, 0.1) is 6.92 Å². The second-order valence-corrected chi connectivity index (χ2v) is 9.12. The molecule has 0 bridgehead atoms. The minimum atomic E-state index is -0.118. The van der Waals surface area contributed by atoms with Crippen LogP contribution in [0.4, 0.5) is 0 Å². The maximum absolute atomic E-state index is 13.4. The number of carbonyl (C=O) groups excluding carboxylic acids is 1. The number of aryl methyl sites for hydroxylation is 1. The summed E-state index contributed by atoms with van der Waals surface area (Å²) in [6.45, 7) is 5.98. The van der Waals surface area contributed by atoms with Gasteiger partial charge in [-0.15, -0.1) is 10.2 Å². The molecule has 1 fully saturated rings. The molecule has 5 rings (SSSR count). The number of hydrogen-bond acceptors (Lipinski definition) is 6. The molecule has 0 radical (unpaired) electrons. The van der Waals surface area contributed by atoms with E-state index in [2.05, 4.69) is 39.4 Å². The normalized spacial score (nSPS) is 14.5. The highest BCUT2D eigenvalue weighted by atomic mass is 35.5. The van der Waals surface area contributed by atoms with E-state index in [1.807, 2.05) is 42.2 Å². The Balaban J connectivity index is 1.38. The monoisotopic (exact) mass is 490 g/mol. The van der Waals surface area contributed by atoms with Gasteiger partial charge in [-0.25, -0.2) is 4.52 Å². The molecule has 0 N–H and O–H groups in total. The topological polar surface area (TPSA) is 75.9 Å². The van der Waals surface area contributed by atoms with Gasteiger partial charge in [0, 0.05) is 44.9 Å². The minimum absolute atomic E-state index is 0.118. The lowest BCUT2D eigenvalue weighted by atomic mass is 10.1. The molecule has 8 nitrogen and oxygen atoms in total. The average molecular weight is 491 g/mol. The SMILES string of the molecule is COCc1nn2c(C)c(C(=O)N3CCN(Cc4ccccc4)CC3)nnc2c1-c1ccc(Cl)cc1. The zero-order valence-electron chi connectivity index (χ0n) is 19.8. The highest BCUT2D eigenvalue weighted by molar-refractivity contribution is 6.30. The van der Waals surface area contributed by atoms with Crippen molar-refractivity contribution >= 4 is 23.2 Å². The van der Waals surface area contributed by atoms with Crippen molar-refractivity contribution in [3.63, 3.8) is 0 Å². The first-order chi connectivity index (χ1) is 17.0. The Morgan fingerprint density at radius 3 is 2.40 bits per heavy atom. The molecule has 0 spiro atoms. The fraction of sp³-hybridized carbons (Fsp3) is 0.308. The summed E-state index contributed by atoms with van der Waals surface area (Å²) >= 11 is 6.08. The summed E-state index contributed by atoms with van der Waals surface area (Å²) in [5, 5.41) is 14.2. The summed E-state index contributed by atoms with van der Waals surface area (Å²) in [5.74, 6) is -0.118. The molecule has 9 heteroatoms. The third-order valence-corrected chi connectivity index (χ3v) is 6.62. The highest BCUT2D eigenvalue weighted by Gasteiger charge is 2.27. The van der Waals surface area contributed by atoms with Gasteiger partial charge in [0.1, 0.15) is 0 Å².